The summed E-state index contributed by atoms with van der Waals surface area (Å²) < 4.78 is 0. The molecule has 52 valence electrons. The van der Waals surface area contributed by atoms with E-state index in [1.807, 2.05) is 0 Å². The third-order valence-corrected chi connectivity index (χ3v) is 2.11. The summed E-state index contributed by atoms with van der Waals surface area (Å²) in [5.74, 6) is 1.75. The molecular formula is C8H15N. The SMILES string of the molecule is CC(C)C1CC=NCC1. The molecule has 1 atom stereocenters. The molecule has 0 saturated carbocycles. The van der Waals surface area contributed by atoms with Crippen molar-refractivity contribution in [3.05, 3.63) is 0 Å². The summed E-state index contributed by atoms with van der Waals surface area (Å²) in [7, 11) is 0. The van der Waals surface area contributed by atoms with Crippen LogP contribution in [-0.2, 0) is 0 Å². The zero-order chi connectivity index (χ0) is 6.69. The van der Waals surface area contributed by atoms with Gasteiger partial charge >= 0.3 is 0 Å². The Kier molecular flexibility index (Phi) is 2.26. The van der Waals surface area contributed by atoms with Crippen molar-refractivity contribution in [3.63, 3.8) is 0 Å². The molecule has 1 nitrogen and oxygen atoms in total. The van der Waals surface area contributed by atoms with Crippen LogP contribution in [0.5, 0.6) is 0 Å². The Balaban J connectivity index is 2.35. The lowest BCUT2D eigenvalue weighted by atomic mass is 9.89. The molecule has 0 N–H and O–H groups in total. The smallest absolute Gasteiger partial charge is 0.0388 e. The van der Waals surface area contributed by atoms with Gasteiger partial charge in [0, 0.05) is 6.54 Å². The molecule has 0 aromatic heterocycles. The molecule has 0 spiro atoms. The van der Waals surface area contributed by atoms with Crippen molar-refractivity contribution < 1.29 is 0 Å². The van der Waals surface area contributed by atoms with Crippen LogP contribution in [-0.4, -0.2) is 12.8 Å². The number of hydrogen-bond donors (Lipinski definition) is 0. The molecule has 0 radical (unpaired) electrons. The maximum absolute atomic E-state index is 4.18. The Labute approximate surface area is 57.2 Å². The van der Waals surface area contributed by atoms with E-state index in [1.165, 1.54) is 12.8 Å². The summed E-state index contributed by atoms with van der Waals surface area (Å²) in [6.07, 6.45) is 4.58. The number of nitrogens with zero attached hydrogens (tertiary/aromatic N) is 1. The van der Waals surface area contributed by atoms with Crippen LogP contribution in [0.15, 0.2) is 4.99 Å². The van der Waals surface area contributed by atoms with Crippen LogP contribution in [0.4, 0.5) is 0 Å². The summed E-state index contributed by atoms with van der Waals surface area (Å²) in [6.45, 7) is 5.65. The first-order valence-electron chi connectivity index (χ1n) is 3.79. The summed E-state index contributed by atoms with van der Waals surface area (Å²) in [4.78, 5) is 4.18. The van der Waals surface area contributed by atoms with Crippen LogP contribution >= 0.6 is 0 Å². The average molecular weight is 125 g/mol. The van der Waals surface area contributed by atoms with Crippen LogP contribution < -0.4 is 0 Å². The van der Waals surface area contributed by atoms with Crippen LogP contribution in [0, 0.1) is 11.8 Å². The first-order chi connectivity index (χ1) is 4.30. The molecule has 1 rings (SSSR count). The highest BCUT2D eigenvalue weighted by atomic mass is 14.7. The minimum Gasteiger partial charge on any atom is -0.298 e. The minimum absolute atomic E-state index is 0.844. The van der Waals surface area contributed by atoms with Gasteiger partial charge in [-0.2, -0.15) is 0 Å². The van der Waals surface area contributed by atoms with Gasteiger partial charge < -0.3 is 0 Å². The molecule has 0 aromatic rings. The van der Waals surface area contributed by atoms with Crippen LogP contribution in [0.3, 0.4) is 0 Å². The van der Waals surface area contributed by atoms with Crippen molar-refractivity contribution in [1.29, 1.82) is 0 Å². The fraction of sp³-hybridized carbons (Fsp3) is 0.875. The van der Waals surface area contributed by atoms with Crippen LogP contribution in [0.1, 0.15) is 26.7 Å². The summed E-state index contributed by atoms with van der Waals surface area (Å²) in [6, 6.07) is 0. The van der Waals surface area contributed by atoms with Crippen molar-refractivity contribution in [2.45, 2.75) is 26.7 Å². The highest BCUT2D eigenvalue weighted by Gasteiger charge is 2.13. The zero-order valence-corrected chi connectivity index (χ0v) is 6.30. The second-order valence-corrected chi connectivity index (χ2v) is 3.12. The topological polar surface area (TPSA) is 12.4 Å². The van der Waals surface area contributed by atoms with E-state index in [4.69, 9.17) is 0 Å². The predicted octanol–water partition coefficient (Wildman–Crippen LogP) is 2.12. The minimum atomic E-state index is 0.844. The largest absolute Gasteiger partial charge is 0.298 e. The van der Waals surface area contributed by atoms with Crippen molar-refractivity contribution >= 4 is 6.21 Å². The molecule has 0 amide bonds. The normalized spacial score (nSPS) is 27.2. The Hall–Kier alpha value is -0.330. The lowest BCUT2D eigenvalue weighted by Crippen LogP contribution is -2.14. The summed E-state index contributed by atoms with van der Waals surface area (Å²) >= 11 is 0. The van der Waals surface area contributed by atoms with E-state index in [0.717, 1.165) is 18.4 Å². The number of rotatable bonds is 1. The molecule has 0 fully saturated rings. The maximum Gasteiger partial charge on any atom is 0.0388 e. The van der Waals surface area contributed by atoms with E-state index in [2.05, 4.69) is 25.1 Å². The van der Waals surface area contributed by atoms with Gasteiger partial charge in [0.1, 0.15) is 0 Å². The van der Waals surface area contributed by atoms with Gasteiger partial charge in [0.05, 0.1) is 0 Å². The van der Waals surface area contributed by atoms with Gasteiger partial charge in [0.2, 0.25) is 0 Å². The van der Waals surface area contributed by atoms with Gasteiger partial charge in [-0.05, 0) is 30.9 Å². The van der Waals surface area contributed by atoms with E-state index in [0.29, 0.717) is 0 Å². The van der Waals surface area contributed by atoms with Crippen molar-refractivity contribution in [1.82, 2.24) is 0 Å². The lowest BCUT2D eigenvalue weighted by Gasteiger charge is -2.20. The van der Waals surface area contributed by atoms with E-state index in [9.17, 15) is 0 Å². The number of hydrogen-bond acceptors (Lipinski definition) is 1. The monoisotopic (exact) mass is 125 g/mol. The Morgan fingerprint density at radius 3 is 2.67 bits per heavy atom. The van der Waals surface area contributed by atoms with Gasteiger partial charge in [-0.1, -0.05) is 13.8 Å². The van der Waals surface area contributed by atoms with Crippen LogP contribution in [0.25, 0.3) is 0 Å². The summed E-state index contributed by atoms with van der Waals surface area (Å²) in [5.41, 5.74) is 0. The van der Waals surface area contributed by atoms with Gasteiger partial charge in [0.15, 0.2) is 0 Å². The standard InChI is InChI=1S/C8H15N/c1-7(2)8-3-5-9-6-4-8/h5,7-8H,3-4,6H2,1-2H3. The van der Waals surface area contributed by atoms with Gasteiger partial charge in [-0.3, -0.25) is 4.99 Å². The third kappa shape index (κ3) is 1.81. The third-order valence-electron chi connectivity index (χ3n) is 2.11. The highest BCUT2D eigenvalue weighted by molar-refractivity contribution is 5.58. The van der Waals surface area contributed by atoms with Crippen molar-refractivity contribution in [2.75, 3.05) is 6.54 Å². The highest BCUT2D eigenvalue weighted by Crippen LogP contribution is 2.20. The van der Waals surface area contributed by atoms with Crippen molar-refractivity contribution in [3.8, 4) is 0 Å². The lowest BCUT2D eigenvalue weighted by molar-refractivity contribution is 0.369. The molecule has 0 saturated heterocycles. The summed E-state index contributed by atoms with van der Waals surface area (Å²) in [5, 5.41) is 0. The molecule has 1 heteroatoms. The number of aliphatic imine (C=N–C) groups is 1. The Bertz CT molecular complexity index is 105. The van der Waals surface area contributed by atoms with Gasteiger partial charge in [-0.15, -0.1) is 0 Å². The molecule has 1 aliphatic heterocycles. The first kappa shape index (κ1) is 6.79. The van der Waals surface area contributed by atoms with E-state index in [1.54, 1.807) is 0 Å². The van der Waals surface area contributed by atoms with Gasteiger partial charge in [-0.25, -0.2) is 0 Å². The molecule has 9 heavy (non-hydrogen) atoms. The fourth-order valence-corrected chi connectivity index (χ4v) is 1.26. The van der Waals surface area contributed by atoms with Gasteiger partial charge in [0.25, 0.3) is 0 Å². The van der Waals surface area contributed by atoms with E-state index in [-0.39, 0.29) is 0 Å². The average Bonchev–Trinajstić information content (AvgIpc) is 1.90. The van der Waals surface area contributed by atoms with Crippen LogP contribution in [0.2, 0.25) is 0 Å². The zero-order valence-electron chi connectivity index (χ0n) is 6.30. The molecule has 0 aromatic carbocycles. The van der Waals surface area contributed by atoms with E-state index < -0.39 is 0 Å². The maximum atomic E-state index is 4.18. The van der Waals surface area contributed by atoms with Crippen molar-refractivity contribution in [2.24, 2.45) is 16.8 Å². The molecule has 1 unspecified atom stereocenters. The molecule has 0 bridgehead atoms. The first-order valence-corrected chi connectivity index (χ1v) is 3.79. The molecule has 1 heterocycles. The second-order valence-electron chi connectivity index (χ2n) is 3.12. The van der Waals surface area contributed by atoms with E-state index >= 15 is 0 Å². The Morgan fingerprint density at radius 2 is 2.33 bits per heavy atom. The second kappa shape index (κ2) is 3.00. The molecular weight excluding hydrogens is 110 g/mol. The Morgan fingerprint density at radius 1 is 1.56 bits per heavy atom. The molecule has 1 aliphatic rings. The quantitative estimate of drug-likeness (QED) is 0.509. The fourth-order valence-electron chi connectivity index (χ4n) is 1.26. The predicted molar refractivity (Wildman–Crippen MR) is 40.9 cm³/mol. The molecule has 0 aliphatic carbocycles.